The molecule has 0 aromatic heterocycles. The summed E-state index contributed by atoms with van der Waals surface area (Å²) in [6.45, 7) is 0.345. The van der Waals surface area contributed by atoms with E-state index in [0.717, 1.165) is 5.56 Å². The van der Waals surface area contributed by atoms with Crippen LogP contribution in [0.1, 0.15) is 11.6 Å². The summed E-state index contributed by atoms with van der Waals surface area (Å²) in [7, 11) is 3.84. The van der Waals surface area contributed by atoms with Gasteiger partial charge in [0.15, 0.2) is 11.7 Å². The Labute approximate surface area is 173 Å². The molecule has 0 heterocycles. The summed E-state index contributed by atoms with van der Waals surface area (Å²) >= 11 is 0. The first-order chi connectivity index (χ1) is 12.3. The van der Waals surface area contributed by atoms with Crippen molar-refractivity contribution >= 4 is 35.6 Å². The molecule has 0 bridgehead atoms. The maximum atomic E-state index is 12.5. The fourth-order valence-corrected chi connectivity index (χ4v) is 2.39. The van der Waals surface area contributed by atoms with Gasteiger partial charge in [-0.25, -0.2) is 0 Å². The van der Waals surface area contributed by atoms with E-state index in [0.29, 0.717) is 6.54 Å². The van der Waals surface area contributed by atoms with Crippen LogP contribution in [0.15, 0.2) is 59.6 Å². The van der Waals surface area contributed by atoms with E-state index in [9.17, 15) is 13.2 Å². The van der Waals surface area contributed by atoms with Gasteiger partial charge in [-0.2, -0.15) is 0 Å². The Bertz CT molecular complexity index is 739. The minimum absolute atomic E-state index is 0. The van der Waals surface area contributed by atoms with Gasteiger partial charge in [-0.1, -0.05) is 42.5 Å². The molecule has 0 fully saturated rings. The number of guanidine groups is 1. The molecule has 0 spiro atoms. The summed E-state index contributed by atoms with van der Waals surface area (Å²) < 4.78 is 41.4. The number of hydrogen-bond donors (Lipinski definition) is 2. The number of hydrogen-bond acceptors (Lipinski definition) is 3. The molecule has 9 heteroatoms. The highest BCUT2D eigenvalue weighted by molar-refractivity contribution is 14.0. The Morgan fingerprint density at radius 2 is 1.70 bits per heavy atom. The van der Waals surface area contributed by atoms with Crippen molar-refractivity contribution < 1.29 is 17.9 Å². The minimum atomic E-state index is -4.78. The Morgan fingerprint density at radius 1 is 1.11 bits per heavy atom. The lowest BCUT2D eigenvalue weighted by Gasteiger charge is -2.23. The number of alkyl halides is 3. The molecule has 0 aliphatic heterocycles. The summed E-state index contributed by atoms with van der Waals surface area (Å²) in [4.78, 5) is 6.25. The zero-order valence-corrected chi connectivity index (χ0v) is 17.2. The van der Waals surface area contributed by atoms with Crippen LogP contribution in [0.2, 0.25) is 0 Å². The van der Waals surface area contributed by atoms with E-state index in [2.05, 4.69) is 15.0 Å². The van der Waals surface area contributed by atoms with Gasteiger partial charge in [0.05, 0.1) is 18.3 Å². The number of para-hydroxylation sites is 2. The smallest absolute Gasteiger partial charge is 0.404 e. The van der Waals surface area contributed by atoms with Gasteiger partial charge in [-0.15, -0.1) is 37.1 Å². The quantitative estimate of drug-likeness (QED) is 0.359. The molecular formula is C18H22F3IN4O. The first-order valence-electron chi connectivity index (χ1n) is 7.89. The molecule has 27 heavy (non-hydrogen) atoms. The second-order valence-corrected chi connectivity index (χ2v) is 5.78. The molecule has 0 saturated carbocycles. The van der Waals surface area contributed by atoms with Crippen LogP contribution in [0.3, 0.4) is 0 Å². The third-order valence-corrected chi connectivity index (χ3v) is 3.62. The predicted molar refractivity (Wildman–Crippen MR) is 112 cm³/mol. The highest BCUT2D eigenvalue weighted by Crippen LogP contribution is 2.29. The van der Waals surface area contributed by atoms with E-state index in [4.69, 9.17) is 5.73 Å². The Kier molecular flexibility index (Phi) is 8.83. The van der Waals surface area contributed by atoms with E-state index >= 15 is 0 Å². The predicted octanol–water partition coefficient (Wildman–Crippen LogP) is 4.23. The number of nitrogens with two attached hydrogens (primary N) is 1. The van der Waals surface area contributed by atoms with Crippen LogP contribution in [-0.4, -0.2) is 37.9 Å². The number of aliphatic imine (C=N–C) groups is 1. The molecule has 2 aromatic rings. The molecule has 148 valence electrons. The van der Waals surface area contributed by atoms with Gasteiger partial charge in [-0.05, 0) is 31.8 Å². The lowest BCUT2D eigenvalue weighted by Crippen LogP contribution is -2.27. The second-order valence-electron chi connectivity index (χ2n) is 5.78. The van der Waals surface area contributed by atoms with Crippen LogP contribution in [-0.2, 0) is 0 Å². The van der Waals surface area contributed by atoms with Crippen molar-refractivity contribution in [2.75, 3.05) is 26.0 Å². The van der Waals surface area contributed by atoms with Crippen molar-refractivity contribution in [3.05, 3.63) is 60.2 Å². The van der Waals surface area contributed by atoms with Gasteiger partial charge in [0.25, 0.3) is 0 Å². The Morgan fingerprint density at radius 3 is 2.30 bits per heavy atom. The highest BCUT2D eigenvalue weighted by Gasteiger charge is 2.32. The van der Waals surface area contributed by atoms with Crippen molar-refractivity contribution in [3.8, 4) is 5.75 Å². The molecule has 1 atom stereocenters. The van der Waals surface area contributed by atoms with E-state index in [1.807, 2.05) is 49.3 Å². The Hall–Kier alpha value is -2.01. The number of anilines is 1. The van der Waals surface area contributed by atoms with Crippen LogP contribution < -0.4 is 15.8 Å². The normalized spacial score (nSPS) is 13.0. The van der Waals surface area contributed by atoms with Crippen LogP contribution in [0.4, 0.5) is 18.9 Å². The third-order valence-electron chi connectivity index (χ3n) is 3.62. The number of nitrogens with one attached hydrogen (secondary N) is 1. The number of halogens is 4. The van der Waals surface area contributed by atoms with Crippen molar-refractivity contribution in [2.24, 2.45) is 10.7 Å². The molecule has 0 radical (unpaired) electrons. The monoisotopic (exact) mass is 494 g/mol. The molecule has 1 unspecified atom stereocenters. The molecule has 2 rings (SSSR count). The lowest BCUT2D eigenvalue weighted by molar-refractivity contribution is -0.274. The van der Waals surface area contributed by atoms with Crippen LogP contribution >= 0.6 is 24.0 Å². The number of likely N-dealkylation sites (N-methyl/N-ethyl adjacent to an activating group) is 1. The second kappa shape index (κ2) is 10.4. The first-order valence-corrected chi connectivity index (χ1v) is 7.89. The number of nitrogens with zero attached hydrogens (tertiary/aromatic N) is 2. The zero-order chi connectivity index (χ0) is 19.2. The third kappa shape index (κ3) is 7.63. The van der Waals surface area contributed by atoms with E-state index in [1.54, 1.807) is 6.07 Å². The molecule has 0 amide bonds. The Balaban J connectivity index is 0.00000364. The zero-order valence-electron chi connectivity index (χ0n) is 14.9. The molecule has 0 aliphatic rings. The highest BCUT2D eigenvalue weighted by atomic mass is 127. The van der Waals surface area contributed by atoms with E-state index in [1.165, 1.54) is 18.2 Å². The molecule has 0 aliphatic carbocycles. The summed E-state index contributed by atoms with van der Waals surface area (Å²) in [5.41, 5.74) is 7.00. The molecule has 0 saturated heterocycles. The van der Waals surface area contributed by atoms with Crippen molar-refractivity contribution in [3.63, 3.8) is 0 Å². The van der Waals surface area contributed by atoms with Crippen molar-refractivity contribution in [2.45, 2.75) is 12.4 Å². The van der Waals surface area contributed by atoms with Crippen LogP contribution in [0, 0.1) is 0 Å². The minimum Gasteiger partial charge on any atom is -0.404 e. The van der Waals surface area contributed by atoms with Gasteiger partial charge in [0, 0.05) is 0 Å². The van der Waals surface area contributed by atoms with Crippen LogP contribution in [0.5, 0.6) is 5.75 Å². The SMILES string of the molecule is CN(C)C(CN=C(N)Nc1ccccc1OC(F)(F)F)c1ccccc1.I. The summed E-state index contributed by atoms with van der Waals surface area (Å²) in [5, 5.41) is 2.66. The largest absolute Gasteiger partial charge is 0.573 e. The summed E-state index contributed by atoms with van der Waals surface area (Å²) in [6.07, 6.45) is -4.78. The molecule has 3 N–H and O–H groups in total. The topological polar surface area (TPSA) is 62.9 Å². The van der Waals surface area contributed by atoms with E-state index in [-0.39, 0.29) is 47.4 Å². The maximum Gasteiger partial charge on any atom is 0.573 e. The average Bonchev–Trinajstić information content (AvgIpc) is 2.56. The standard InChI is InChI=1S/C18H21F3N4O.HI/c1-25(2)15(13-8-4-3-5-9-13)12-23-17(22)24-14-10-6-7-11-16(14)26-18(19,20)21;/h3-11,15H,12H2,1-2H3,(H3,22,23,24);1H. The summed E-state index contributed by atoms with van der Waals surface area (Å²) in [5.74, 6) is -0.364. The van der Waals surface area contributed by atoms with Gasteiger partial charge >= 0.3 is 6.36 Å². The van der Waals surface area contributed by atoms with Gasteiger partial charge in [0.1, 0.15) is 0 Å². The van der Waals surface area contributed by atoms with Gasteiger partial charge in [-0.3, -0.25) is 4.99 Å². The first kappa shape index (κ1) is 23.0. The average molecular weight is 494 g/mol. The number of benzene rings is 2. The maximum absolute atomic E-state index is 12.5. The number of ether oxygens (including phenoxy) is 1. The lowest BCUT2D eigenvalue weighted by atomic mass is 10.1. The van der Waals surface area contributed by atoms with Crippen LogP contribution in [0.25, 0.3) is 0 Å². The van der Waals surface area contributed by atoms with E-state index < -0.39 is 6.36 Å². The van der Waals surface area contributed by atoms with Crippen molar-refractivity contribution in [1.29, 1.82) is 0 Å². The van der Waals surface area contributed by atoms with Gasteiger partial charge < -0.3 is 20.7 Å². The molecular weight excluding hydrogens is 472 g/mol. The number of rotatable bonds is 6. The fourth-order valence-electron chi connectivity index (χ4n) is 2.39. The summed E-state index contributed by atoms with van der Waals surface area (Å²) in [6, 6.07) is 15.4. The molecule has 2 aromatic carbocycles. The van der Waals surface area contributed by atoms with Gasteiger partial charge in [0.2, 0.25) is 0 Å². The molecule has 5 nitrogen and oxygen atoms in total. The fraction of sp³-hybridized carbons (Fsp3) is 0.278. The van der Waals surface area contributed by atoms with Crippen molar-refractivity contribution in [1.82, 2.24) is 4.90 Å².